The van der Waals surface area contributed by atoms with Crippen LogP contribution in [0.4, 0.5) is 0 Å². The summed E-state index contributed by atoms with van der Waals surface area (Å²) in [5, 5.41) is 15.6. The summed E-state index contributed by atoms with van der Waals surface area (Å²) < 4.78 is 0. The Bertz CT molecular complexity index is 405. The van der Waals surface area contributed by atoms with E-state index >= 15 is 0 Å². The molecule has 100 valence electrons. The highest BCUT2D eigenvalue weighted by molar-refractivity contribution is 5.81. The van der Waals surface area contributed by atoms with E-state index in [-0.39, 0.29) is 17.7 Å². The zero-order valence-electron chi connectivity index (χ0n) is 11.3. The normalized spacial score (nSPS) is 12.2. The van der Waals surface area contributed by atoms with E-state index in [1.54, 1.807) is 6.07 Å². The Kier molecular flexibility index (Phi) is 5.65. The van der Waals surface area contributed by atoms with Crippen molar-refractivity contribution in [3.8, 4) is 5.75 Å². The number of aryl methyl sites for hydroxylation is 1. The number of aromatic hydroxyl groups is 1. The van der Waals surface area contributed by atoms with Crippen molar-refractivity contribution in [2.45, 2.75) is 39.8 Å². The quantitative estimate of drug-likeness (QED) is 0.720. The van der Waals surface area contributed by atoms with Crippen LogP contribution in [0, 0.1) is 6.92 Å². The molecular weight excluding hydrogens is 228 g/mol. The van der Waals surface area contributed by atoms with Gasteiger partial charge in [-0.3, -0.25) is 4.79 Å². The number of benzene rings is 1. The molecule has 1 unspecified atom stereocenters. The van der Waals surface area contributed by atoms with Crippen LogP contribution in [-0.4, -0.2) is 23.6 Å². The summed E-state index contributed by atoms with van der Waals surface area (Å²) in [4.78, 5) is 11.6. The van der Waals surface area contributed by atoms with Crippen LogP contribution in [0.2, 0.25) is 0 Å². The molecule has 4 nitrogen and oxygen atoms in total. The second-order valence-electron chi connectivity index (χ2n) is 4.53. The molecule has 0 aromatic heterocycles. The zero-order chi connectivity index (χ0) is 13.5. The maximum atomic E-state index is 11.6. The molecule has 1 amide bonds. The van der Waals surface area contributed by atoms with Crippen LogP contribution in [0.3, 0.4) is 0 Å². The highest BCUT2D eigenvalue weighted by Gasteiger charge is 2.11. The van der Waals surface area contributed by atoms with Crippen LogP contribution in [0.5, 0.6) is 5.75 Å². The molecule has 0 radical (unpaired) electrons. The van der Waals surface area contributed by atoms with E-state index in [0.29, 0.717) is 13.1 Å². The average Bonchev–Trinajstić information content (AvgIpc) is 2.36. The molecule has 4 heteroatoms. The van der Waals surface area contributed by atoms with Gasteiger partial charge in [0, 0.05) is 18.7 Å². The predicted octanol–water partition coefficient (Wildman–Crippen LogP) is 1.70. The summed E-state index contributed by atoms with van der Waals surface area (Å²) >= 11 is 0. The van der Waals surface area contributed by atoms with Gasteiger partial charge >= 0.3 is 0 Å². The molecule has 1 aromatic carbocycles. The van der Waals surface area contributed by atoms with Crippen LogP contribution in [0.25, 0.3) is 0 Å². The van der Waals surface area contributed by atoms with Gasteiger partial charge in [0.1, 0.15) is 5.75 Å². The van der Waals surface area contributed by atoms with Crippen LogP contribution < -0.4 is 10.6 Å². The lowest BCUT2D eigenvalue weighted by atomic mass is 10.1. The molecule has 18 heavy (non-hydrogen) atoms. The molecule has 0 aliphatic rings. The maximum Gasteiger partial charge on any atom is 0.236 e. The van der Waals surface area contributed by atoms with Gasteiger partial charge in [-0.15, -0.1) is 0 Å². The number of phenolic OH excluding ortho intramolecular Hbond substituents is 1. The smallest absolute Gasteiger partial charge is 0.236 e. The minimum Gasteiger partial charge on any atom is -0.508 e. The first-order chi connectivity index (χ1) is 8.54. The fourth-order valence-electron chi connectivity index (χ4n) is 1.61. The van der Waals surface area contributed by atoms with Crippen LogP contribution in [-0.2, 0) is 11.3 Å². The van der Waals surface area contributed by atoms with Crippen LogP contribution in [0.1, 0.15) is 31.4 Å². The van der Waals surface area contributed by atoms with Gasteiger partial charge in [0.05, 0.1) is 6.04 Å². The Hall–Kier alpha value is -1.55. The lowest BCUT2D eigenvalue weighted by molar-refractivity contribution is -0.122. The minimum atomic E-state index is -0.267. The van der Waals surface area contributed by atoms with Crippen molar-refractivity contribution in [3.05, 3.63) is 29.3 Å². The second kappa shape index (κ2) is 7.01. The maximum absolute atomic E-state index is 11.6. The highest BCUT2D eigenvalue weighted by atomic mass is 16.3. The monoisotopic (exact) mass is 250 g/mol. The molecule has 0 spiro atoms. The number of phenols is 1. The minimum absolute atomic E-state index is 0.0102. The molecule has 0 fully saturated rings. The van der Waals surface area contributed by atoms with Crippen molar-refractivity contribution in [1.29, 1.82) is 0 Å². The molecule has 0 bridgehead atoms. The fourth-order valence-corrected chi connectivity index (χ4v) is 1.61. The molecule has 0 aliphatic carbocycles. The third-order valence-electron chi connectivity index (χ3n) is 2.78. The average molecular weight is 250 g/mol. The van der Waals surface area contributed by atoms with Crippen LogP contribution >= 0.6 is 0 Å². The van der Waals surface area contributed by atoms with Gasteiger partial charge in [-0.05, 0) is 26.3 Å². The van der Waals surface area contributed by atoms with E-state index in [1.807, 2.05) is 32.9 Å². The molecule has 3 N–H and O–H groups in total. The van der Waals surface area contributed by atoms with Gasteiger partial charge < -0.3 is 15.7 Å². The Morgan fingerprint density at radius 3 is 2.83 bits per heavy atom. The van der Waals surface area contributed by atoms with E-state index in [4.69, 9.17) is 0 Å². The van der Waals surface area contributed by atoms with Gasteiger partial charge in [0.25, 0.3) is 0 Å². The van der Waals surface area contributed by atoms with Gasteiger partial charge in [-0.1, -0.05) is 24.6 Å². The number of amides is 1. The first-order valence-corrected chi connectivity index (χ1v) is 6.34. The number of carbonyl (C=O) groups excluding carboxylic acids is 1. The topological polar surface area (TPSA) is 61.4 Å². The number of hydrogen-bond acceptors (Lipinski definition) is 3. The molecule has 1 atom stereocenters. The lowest BCUT2D eigenvalue weighted by Crippen LogP contribution is -2.42. The van der Waals surface area contributed by atoms with Gasteiger partial charge in [0.15, 0.2) is 0 Å². The highest BCUT2D eigenvalue weighted by Crippen LogP contribution is 2.17. The number of nitrogens with one attached hydrogen (secondary N) is 2. The van der Waals surface area contributed by atoms with E-state index in [9.17, 15) is 9.90 Å². The summed E-state index contributed by atoms with van der Waals surface area (Å²) in [5.74, 6) is 0.248. The van der Waals surface area contributed by atoms with Gasteiger partial charge in [0.2, 0.25) is 5.91 Å². The summed E-state index contributed by atoms with van der Waals surface area (Å²) in [6.45, 7) is 6.98. The first-order valence-electron chi connectivity index (χ1n) is 6.34. The second-order valence-corrected chi connectivity index (χ2v) is 4.53. The Balaban J connectivity index is 2.49. The Morgan fingerprint density at radius 1 is 1.44 bits per heavy atom. The van der Waals surface area contributed by atoms with E-state index in [0.717, 1.165) is 17.5 Å². The molecule has 0 aliphatic heterocycles. The number of hydrogen-bond donors (Lipinski definition) is 3. The summed E-state index contributed by atoms with van der Waals surface area (Å²) in [5.41, 5.74) is 1.90. The first kappa shape index (κ1) is 14.5. The molecule has 0 saturated carbocycles. The van der Waals surface area contributed by atoms with Crippen molar-refractivity contribution >= 4 is 5.91 Å². The molecule has 0 saturated heterocycles. The molecule has 1 rings (SSSR count). The Labute approximate surface area is 108 Å². The van der Waals surface area contributed by atoms with Gasteiger partial charge in [-0.2, -0.15) is 0 Å². The van der Waals surface area contributed by atoms with E-state index in [1.165, 1.54) is 0 Å². The summed E-state index contributed by atoms with van der Waals surface area (Å²) in [7, 11) is 0. The van der Waals surface area contributed by atoms with E-state index in [2.05, 4.69) is 10.6 Å². The number of carbonyl (C=O) groups is 1. The standard InChI is InChI=1S/C14H22N2O2/c1-4-7-15-14(18)11(3)16-9-12-8-10(2)5-6-13(12)17/h5-6,8,11,16-17H,4,7,9H2,1-3H3,(H,15,18). The van der Waals surface area contributed by atoms with E-state index < -0.39 is 0 Å². The third-order valence-corrected chi connectivity index (χ3v) is 2.78. The summed E-state index contributed by atoms with van der Waals surface area (Å²) in [6.07, 6.45) is 0.928. The zero-order valence-corrected chi connectivity index (χ0v) is 11.3. The van der Waals surface area contributed by atoms with Crippen molar-refractivity contribution < 1.29 is 9.90 Å². The fraction of sp³-hybridized carbons (Fsp3) is 0.500. The molecule has 0 heterocycles. The van der Waals surface area contributed by atoms with Crippen molar-refractivity contribution in [1.82, 2.24) is 10.6 Å². The molecular formula is C14H22N2O2. The predicted molar refractivity (Wildman–Crippen MR) is 72.4 cm³/mol. The van der Waals surface area contributed by atoms with Crippen LogP contribution in [0.15, 0.2) is 18.2 Å². The lowest BCUT2D eigenvalue weighted by Gasteiger charge is -2.14. The van der Waals surface area contributed by atoms with Gasteiger partial charge in [-0.25, -0.2) is 0 Å². The Morgan fingerprint density at radius 2 is 2.17 bits per heavy atom. The SMILES string of the molecule is CCCNC(=O)C(C)NCc1cc(C)ccc1O. The summed E-state index contributed by atoms with van der Waals surface area (Å²) in [6, 6.07) is 5.18. The third kappa shape index (κ3) is 4.37. The largest absolute Gasteiger partial charge is 0.508 e. The molecule has 1 aromatic rings. The number of rotatable bonds is 6. The van der Waals surface area contributed by atoms with Crippen molar-refractivity contribution in [2.24, 2.45) is 0 Å². The van der Waals surface area contributed by atoms with Crippen molar-refractivity contribution in [2.75, 3.05) is 6.54 Å². The van der Waals surface area contributed by atoms with Crippen molar-refractivity contribution in [3.63, 3.8) is 0 Å².